The van der Waals surface area contributed by atoms with E-state index in [0.29, 0.717) is 10.0 Å². The average Bonchev–Trinajstić information content (AvgIpc) is 3.20. The van der Waals surface area contributed by atoms with E-state index in [2.05, 4.69) is 25.3 Å². The maximum absolute atomic E-state index is 6.36. The van der Waals surface area contributed by atoms with Gasteiger partial charge in [-0.3, -0.25) is 4.90 Å². The summed E-state index contributed by atoms with van der Waals surface area (Å²) in [6, 6.07) is 15.8. The highest BCUT2D eigenvalue weighted by Crippen LogP contribution is 2.32. The van der Waals surface area contributed by atoms with E-state index >= 15 is 0 Å². The third kappa shape index (κ3) is 4.43. The zero-order valence-corrected chi connectivity index (χ0v) is 17.5. The normalized spacial score (nSPS) is 15.1. The summed E-state index contributed by atoms with van der Waals surface area (Å²) in [5.41, 5.74) is 1.99. The maximum atomic E-state index is 6.36. The van der Waals surface area contributed by atoms with Gasteiger partial charge in [0.05, 0.1) is 21.4 Å². The standard InChI is InChI=1S/C19H20Cl2N6S/c20-16-7-4-8-17(18(16)21)26-11-9-25(10-12-26)13-14-28-19-22-23-24-27(19)15-5-2-1-3-6-15/h1-8H,9-14H2. The zero-order valence-electron chi connectivity index (χ0n) is 15.2. The van der Waals surface area contributed by atoms with Crippen molar-refractivity contribution < 1.29 is 0 Å². The fourth-order valence-corrected chi connectivity index (χ4v) is 4.52. The highest BCUT2D eigenvalue weighted by molar-refractivity contribution is 7.99. The van der Waals surface area contributed by atoms with Crippen LogP contribution in [-0.4, -0.2) is 63.6 Å². The van der Waals surface area contributed by atoms with E-state index in [1.54, 1.807) is 16.4 Å². The van der Waals surface area contributed by atoms with Crippen molar-refractivity contribution in [3.63, 3.8) is 0 Å². The minimum atomic E-state index is 0.606. The van der Waals surface area contributed by atoms with Crippen molar-refractivity contribution >= 4 is 40.7 Å². The molecule has 1 aliphatic heterocycles. The van der Waals surface area contributed by atoms with Gasteiger partial charge in [-0.15, -0.1) is 5.10 Å². The van der Waals surface area contributed by atoms with Crippen LogP contribution in [0.15, 0.2) is 53.7 Å². The van der Waals surface area contributed by atoms with Gasteiger partial charge in [0.2, 0.25) is 5.16 Å². The molecule has 1 saturated heterocycles. The number of para-hydroxylation sites is 1. The van der Waals surface area contributed by atoms with Gasteiger partial charge in [0.25, 0.3) is 0 Å². The lowest BCUT2D eigenvalue weighted by Crippen LogP contribution is -2.47. The predicted molar refractivity (Wildman–Crippen MR) is 115 cm³/mol. The molecule has 1 aromatic heterocycles. The number of aromatic nitrogens is 4. The molecule has 0 atom stereocenters. The minimum Gasteiger partial charge on any atom is -0.368 e. The topological polar surface area (TPSA) is 50.1 Å². The van der Waals surface area contributed by atoms with Crippen LogP contribution in [0.4, 0.5) is 5.69 Å². The Kier molecular flexibility index (Phi) is 6.36. The summed E-state index contributed by atoms with van der Waals surface area (Å²) in [5.74, 6) is 0.936. The van der Waals surface area contributed by atoms with E-state index in [9.17, 15) is 0 Å². The lowest BCUT2D eigenvalue weighted by molar-refractivity contribution is 0.273. The monoisotopic (exact) mass is 434 g/mol. The van der Waals surface area contributed by atoms with Crippen LogP contribution in [-0.2, 0) is 0 Å². The third-order valence-electron chi connectivity index (χ3n) is 4.72. The van der Waals surface area contributed by atoms with E-state index in [0.717, 1.165) is 55.0 Å². The van der Waals surface area contributed by atoms with Crippen molar-refractivity contribution in [1.29, 1.82) is 0 Å². The van der Waals surface area contributed by atoms with Gasteiger partial charge in [-0.1, -0.05) is 59.2 Å². The van der Waals surface area contributed by atoms with Crippen LogP contribution < -0.4 is 4.90 Å². The summed E-state index contributed by atoms with van der Waals surface area (Å²) >= 11 is 14.2. The molecular formula is C19H20Cl2N6S. The molecule has 2 aromatic carbocycles. The summed E-state index contributed by atoms with van der Waals surface area (Å²) in [4.78, 5) is 4.76. The van der Waals surface area contributed by atoms with Gasteiger partial charge in [0.15, 0.2) is 0 Å². The van der Waals surface area contributed by atoms with E-state index in [-0.39, 0.29) is 0 Å². The average molecular weight is 435 g/mol. The van der Waals surface area contributed by atoms with Crippen molar-refractivity contribution in [1.82, 2.24) is 25.1 Å². The fraction of sp³-hybridized carbons (Fsp3) is 0.316. The van der Waals surface area contributed by atoms with Gasteiger partial charge >= 0.3 is 0 Å². The number of anilines is 1. The Morgan fingerprint density at radius 1 is 0.929 bits per heavy atom. The summed E-state index contributed by atoms with van der Waals surface area (Å²) in [7, 11) is 0. The summed E-state index contributed by atoms with van der Waals surface area (Å²) in [6.07, 6.45) is 0. The van der Waals surface area contributed by atoms with Gasteiger partial charge < -0.3 is 4.90 Å². The Hall–Kier alpha value is -1.80. The van der Waals surface area contributed by atoms with Crippen LogP contribution in [0.25, 0.3) is 5.69 Å². The minimum absolute atomic E-state index is 0.606. The number of hydrogen-bond acceptors (Lipinski definition) is 6. The van der Waals surface area contributed by atoms with Crippen LogP contribution in [0.3, 0.4) is 0 Å². The SMILES string of the molecule is Clc1cccc(N2CCN(CCSc3nnnn3-c3ccccc3)CC2)c1Cl. The highest BCUT2D eigenvalue weighted by Gasteiger charge is 2.20. The molecule has 3 aromatic rings. The van der Waals surface area contributed by atoms with E-state index < -0.39 is 0 Å². The smallest absolute Gasteiger partial charge is 0.214 e. The first-order valence-electron chi connectivity index (χ1n) is 9.10. The van der Waals surface area contributed by atoms with Crippen LogP contribution >= 0.6 is 35.0 Å². The van der Waals surface area contributed by atoms with E-state index in [1.165, 1.54) is 0 Å². The molecular weight excluding hydrogens is 415 g/mol. The van der Waals surface area contributed by atoms with Crippen molar-refractivity contribution in [3.8, 4) is 5.69 Å². The first-order valence-corrected chi connectivity index (χ1v) is 10.8. The van der Waals surface area contributed by atoms with Crippen molar-refractivity contribution in [3.05, 3.63) is 58.6 Å². The first kappa shape index (κ1) is 19.5. The first-order chi connectivity index (χ1) is 13.7. The van der Waals surface area contributed by atoms with Crippen LogP contribution in [0, 0.1) is 0 Å². The molecule has 9 heteroatoms. The molecule has 28 heavy (non-hydrogen) atoms. The molecule has 4 rings (SSSR count). The number of benzene rings is 2. The molecule has 0 radical (unpaired) electrons. The zero-order chi connectivity index (χ0) is 19.3. The number of nitrogens with zero attached hydrogens (tertiary/aromatic N) is 6. The number of tetrazole rings is 1. The number of halogens is 2. The molecule has 0 N–H and O–H groups in total. The molecule has 2 heterocycles. The highest BCUT2D eigenvalue weighted by atomic mass is 35.5. The summed E-state index contributed by atoms with van der Waals surface area (Å²) in [6.45, 7) is 4.85. The van der Waals surface area contributed by atoms with Gasteiger partial charge in [-0.05, 0) is 34.7 Å². The molecule has 0 saturated carbocycles. The predicted octanol–water partition coefficient (Wildman–Crippen LogP) is 3.88. The Labute approximate surface area is 178 Å². The second-order valence-electron chi connectivity index (χ2n) is 6.46. The summed E-state index contributed by atoms with van der Waals surface area (Å²) in [5, 5.41) is 14.1. The van der Waals surface area contributed by atoms with Crippen molar-refractivity contribution in [2.75, 3.05) is 43.4 Å². The molecule has 0 spiro atoms. The molecule has 1 aliphatic rings. The largest absolute Gasteiger partial charge is 0.368 e. The molecule has 0 amide bonds. The molecule has 0 unspecified atom stereocenters. The fourth-order valence-electron chi connectivity index (χ4n) is 3.22. The van der Waals surface area contributed by atoms with Gasteiger partial charge in [0, 0.05) is 38.5 Å². The Bertz CT molecular complexity index is 912. The molecule has 1 fully saturated rings. The Balaban J connectivity index is 1.28. The van der Waals surface area contributed by atoms with Crippen LogP contribution in [0.2, 0.25) is 10.0 Å². The lowest BCUT2D eigenvalue weighted by atomic mass is 10.2. The molecule has 146 valence electrons. The molecule has 0 bridgehead atoms. The maximum Gasteiger partial charge on any atom is 0.214 e. The van der Waals surface area contributed by atoms with Gasteiger partial charge in [-0.2, -0.15) is 4.68 Å². The number of thioether (sulfide) groups is 1. The van der Waals surface area contributed by atoms with Crippen molar-refractivity contribution in [2.24, 2.45) is 0 Å². The quantitative estimate of drug-likeness (QED) is 0.548. The Morgan fingerprint density at radius 3 is 2.50 bits per heavy atom. The molecule has 6 nitrogen and oxygen atoms in total. The van der Waals surface area contributed by atoms with E-state index in [4.69, 9.17) is 23.2 Å². The third-order valence-corrected chi connectivity index (χ3v) is 6.43. The lowest BCUT2D eigenvalue weighted by Gasteiger charge is -2.36. The summed E-state index contributed by atoms with van der Waals surface area (Å²) < 4.78 is 1.78. The van der Waals surface area contributed by atoms with Gasteiger partial charge in [0.1, 0.15) is 0 Å². The van der Waals surface area contributed by atoms with Crippen LogP contribution in [0.1, 0.15) is 0 Å². The number of rotatable bonds is 6. The Morgan fingerprint density at radius 2 is 1.71 bits per heavy atom. The van der Waals surface area contributed by atoms with Crippen LogP contribution in [0.5, 0.6) is 0 Å². The van der Waals surface area contributed by atoms with Gasteiger partial charge in [-0.25, -0.2) is 0 Å². The number of hydrogen-bond donors (Lipinski definition) is 0. The second-order valence-corrected chi connectivity index (χ2v) is 8.31. The number of piperazine rings is 1. The second kappa shape index (κ2) is 9.13. The van der Waals surface area contributed by atoms with E-state index in [1.807, 2.05) is 48.5 Å². The molecule has 0 aliphatic carbocycles. The van der Waals surface area contributed by atoms with Crippen molar-refractivity contribution in [2.45, 2.75) is 5.16 Å².